The summed E-state index contributed by atoms with van der Waals surface area (Å²) >= 11 is 0. The van der Waals surface area contributed by atoms with E-state index in [4.69, 9.17) is 0 Å². The van der Waals surface area contributed by atoms with E-state index in [2.05, 4.69) is 228 Å². The molecule has 0 radical (unpaired) electrons. The summed E-state index contributed by atoms with van der Waals surface area (Å²) in [5.74, 6) is 0. The van der Waals surface area contributed by atoms with Gasteiger partial charge in [-0.05, 0) is 128 Å². The fourth-order valence-corrected chi connectivity index (χ4v) is 9.41. The van der Waals surface area contributed by atoms with E-state index in [0.29, 0.717) is 0 Å². The average molecular weight is 737 g/mol. The lowest BCUT2D eigenvalue weighted by molar-refractivity contribution is 1.18. The Hall–Kier alpha value is -7.68. The zero-order valence-corrected chi connectivity index (χ0v) is 31.7. The topological polar surface area (TPSA) is 9.86 Å². The first kappa shape index (κ1) is 32.6. The van der Waals surface area contributed by atoms with Crippen LogP contribution in [-0.4, -0.2) is 9.13 Å². The highest BCUT2D eigenvalue weighted by atomic mass is 15.0. The molecule has 2 heteroatoms. The number of fused-ring (bicyclic) bond motifs is 8. The summed E-state index contributed by atoms with van der Waals surface area (Å²) in [5, 5.41) is 10.0. The predicted molar refractivity (Wildman–Crippen MR) is 246 cm³/mol. The van der Waals surface area contributed by atoms with Crippen molar-refractivity contribution in [3.05, 3.63) is 218 Å². The molecular formula is C56H36N2. The van der Waals surface area contributed by atoms with E-state index >= 15 is 0 Å². The third kappa shape index (κ3) is 5.05. The molecule has 0 saturated carbocycles. The Balaban J connectivity index is 1.08. The molecule has 0 unspecified atom stereocenters. The lowest BCUT2D eigenvalue weighted by Gasteiger charge is -2.10. The van der Waals surface area contributed by atoms with Gasteiger partial charge in [0.05, 0.1) is 22.1 Å². The molecule has 0 amide bonds. The molecule has 0 fully saturated rings. The highest BCUT2D eigenvalue weighted by molar-refractivity contribution is 6.15. The molecule has 2 aromatic heterocycles. The van der Waals surface area contributed by atoms with Gasteiger partial charge in [0.1, 0.15) is 0 Å². The second-order valence-corrected chi connectivity index (χ2v) is 15.3. The SMILES string of the molecule is c1ccc(-n2c3ccc(-c4ccc5c(c4)c4cc(-c6cccc7ccccc67)ccc4n5-c4ccccc4)cc3c3cc(-c4cccc5ccccc45)ccc32)cc1. The van der Waals surface area contributed by atoms with Gasteiger partial charge >= 0.3 is 0 Å². The van der Waals surface area contributed by atoms with Crippen LogP contribution in [0.25, 0.3) is 110 Å². The standard InChI is InChI=1S/C56H36N2/c1-3-17-43(18-4-1)57-53-29-25-39(33-49(53)51-35-41(27-31-55(51)57)47-23-11-15-37-13-7-9-21-45(37)47)40-26-30-54-50(34-40)52-36-42(48-24-12-16-38-14-8-10-22-46(38)48)28-32-56(52)58(54)44-19-5-2-6-20-44/h1-36H. The monoisotopic (exact) mass is 736 g/mol. The minimum absolute atomic E-state index is 1.16. The van der Waals surface area contributed by atoms with Crippen LogP contribution in [0.2, 0.25) is 0 Å². The van der Waals surface area contributed by atoms with Crippen molar-refractivity contribution in [1.82, 2.24) is 9.13 Å². The fourth-order valence-electron chi connectivity index (χ4n) is 9.41. The van der Waals surface area contributed by atoms with Crippen LogP contribution in [0.3, 0.4) is 0 Å². The Kier molecular flexibility index (Phi) is 7.26. The summed E-state index contributed by atoms with van der Waals surface area (Å²) in [7, 11) is 0. The van der Waals surface area contributed by atoms with Crippen molar-refractivity contribution in [1.29, 1.82) is 0 Å². The van der Waals surface area contributed by atoms with Crippen LogP contribution in [-0.2, 0) is 0 Å². The van der Waals surface area contributed by atoms with Crippen LogP contribution in [0.1, 0.15) is 0 Å². The minimum Gasteiger partial charge on any atom is -0.309 e. The van der Waals surface area contributed by atoms with Gasteiger partial charge in [-0.1, -0.05) is 146 Å². The van der Waals surface area contributed by atoms with E-state index in [1.807, 2.05) is 0 Å². The highest BCUT2D eigenvalue weighted by Crippen LogP contribution is 2.41. The second kappa shape index (κ2) is 12.9. The van der Waals surface area contributed by atoms with Crippen molar-refractivity contribution in [2.75, 3.05) is 0 Å². The molecule has 58 heavy (non-hydrogen) atoms. The normalized spacial score (nSPS) is 11.8. The van der Waals surface area contributed by atoms with Gasteiger partial charge in [0.15, 0.2) is 0 Å². The smallest absolute Gasteiger partial charge is 0.0541 e. The van der Waals surface area contributed by atoms with Crippen molar-refractivity contribution < 1.29 is 0 Å². The first-order valence-electron chi connectivity index (χ1n) is 20.0. The number of para-hydroxylation sites is 2. The average Bonchev–Trinajstić information content (AvgIpc) is 3.80. The van der Waals surface area contributed by atoms with Gasteiger partial charge in [0, 0.05) is 32.9 Å². The molecule has 0 spiro atoms. The predicted octanol–water partition coefficient (Wildman–Crippen LogP) is 15.2. The largest absolute Gasteiger partial charge is 0.309 e. The molecule has 0 aliphatic heterocycles. The van der Waals surface area contributed by atoms with E-state index in [-0.39, 0.29) is 0 Å². The number of nitrogens with zero attached hydrogens (tertiary/aromatic N) is 2. The molecule has 10 aromatic carbocycles. The summed E-state index contributed by atoms with van der Waals surface area (Å²) in [4.78, 5) is 0. The van der Waals surface area contributed by atoms with Crippen molar-refractivity contribution in [3.8, 4) is 44.8 Å². The van der Waals surface area contributed by atoms with Gasteiger partial charge in [0.25, 0.3) is 0 Å². The van der Waals surface area contributed by atoms with E-state index in [1.54, 1.807) is 0 Å². The maximum absolute atomic E-state index is 2.41. The van der Waals surface area contributed by atoms with Crippen LogP contribution >= 0.6 is 0 Å². The molecule has 0 bridgehead atoms. The van der Waals surface area contributed by atoms with Gasteiger partial charge in [-0.25, -0.2) is 0 Å². The number of hydrogen-bond donors (Lipinski definition) is 0. The Morgan fingerprint density at radius 3 is 0.966 bits per heavy atom. The first-order chi connectivity index (χ1) is 28.8. The second-order valence-electron chi connectivity index (χ2n) is 15.3. The van der Waals surface area contributed by atoms with E-state index in [9.17, 15) is 0 Å². The van der Waals surface area contributed by atoms with Crippen LogP contribution in [0.4, 0.5) is 0 Å². The molecule has 12 aromatic rings. The summed E-state index contributed by atoms with van der Waals surface area (Å²) in [6.45, 7) is 0. The maximum atomic E-state index is 2.41. The highest BCUT2D eigenvalue weighted by Gasteiger charge is 2.18. The number of hydrogen-bond acceptors (Lipinski definition) is 0. The van der Waals surface area contributed by atoms with Crippen molar-refractivity contribution in [2.24, 2.45) is 0 Å². The minimum atomic E-state index is 1.16. The van der Waals surface area contributed by atoms with E-state index in [1.165, 1.54) is 98.5 Å². The lowest BCUT2D eigenvalue weighted by Crippen LogP contribution is -1.93. The molecule has 0 aliphatic carbocycles. The summed E-state index contributed by atoms with van der Waals surface area (Å²) in [5.41, 5.74) is 14.4. The Bertz CT molecular complexity index is 3300. The molecule has 12 rings (SSSR count). The van der Waals surface area contributed by atoms with Gasteiger partial charge in [-0.15, -0.1) is 0 Å². The quantitative estimate of drug-likeness (QED) is 0.167. The molecule has 2 nitrogen and oxygen atoms in total. The van der Waals surface area contributed by atoms with Gasteiger partial charge in [0.2, 0.25) is 0 Å². The third-order valence-corrected chi connectivity index (χ3v) is 12.1. The summed E-state index contributed by atoms with van der Waals surface area (Å²) in [6.07, 6.45) is 0. The number of aromatic nitrogens is 2. The maximum Gasteiger partial charge on any atom is 0.0541 e. The zero-order chi connectivity index (χ0) is 38.2. The van der Waals surface area contributed by atoms with Gasteiger partial charge < -0.3 is 9.13 Å². The summed E-state index contributed by atoms with van der Waals surface area (Å²) < 4.78 is 4.82. The summed E-state index contributed by atoms with van der Waals surface area (Å²) in [6, 6.07) is 80.1. The third-order valence-electron chi connectivity index (χ3n) is 12.1. The molecule has 270 valence electrons. The molecule has 0 saturated heterocycles. The Morgan fingerprint density at radius 1 is 0.224 bits per heavy atom. The molecular weight excluding hydrogens is 701 g/mol. The number of benzene rings is 10. The van der Waals surface area contributed by atoms with E-state index < -0.39 is 0 Å². The van der Waals surface area contributed by atoms with Crippen molar-refractivity contribution in [3.63, 3.8) is 0 Å². The van der Waals surface area contributed by atoms with Crippen LogP contribution in [0, 0.1) is 0 Å². The Morgan fingerprint density at radius 2 is 0.552 bits per heavy atom. The molecule has 2 heterocycles. The zero-order valence-electron chi connectivity index (χ0n) is 31.7. The van der Waals surface area contributed by atoms with Crippen LogP contribution in [0.15, 0.2) is 218 Å². The van der Waals surface area contributed by atoms with Crippen LogP contribution in [0.5, 0.6) is 0 Å². The van der Waals surface area contributed by atoms with Gasteiger partial charge in [-0.3, -0.25) is 0 Å². The fraction of sp³-hybridized carbons (Fsp3) is 0. The van der Waals surface area contributed by atoms with Crippen molar-refractivity contribution in [2.45, 2.75) is 0 Å². The molecule has 0 atom stereocenters. The van der Waals surface area contributed by atoms with E-state index in [0.717, 1.165) is 11.4 Å². The van der Waals surface area contributed by atoms with Crippen LogP contribution < -0.4 is 0 Å². The molecule has 0 aliphatic rings. The Labute approximate surface area is 336 Å². The van der Waals surface area contributed by atoms with Gasteiger partial charge in [-0.2, -0.15) is 0 Å². The number of rotatable bonds is 5. The first-order valence-corrected chi connectivity index (χ1v) is 20.0. The van der Waals surface area contributed by atoms with Crippen molar-refractivity contribution >= 4 is 65.2 Å². The lowest BCUT2D eigenvalue weighted by atomic mass is 9.96. The molecule has 0 N–H and O–H groups in total.